The van der Waals surface area contributed by atoms with Gasteiger partial charge in [0, 0.05) is 48.2 Å². The molecule has 210 valence electrons. The van der Waals surface area contributed by atoms with Crippen molar-refractivity contribution in [2.45, 2.75) is 49.7 Å². The van der Waals surface area contributed by atoms with Gasteiger partial charge in [-0.1, -0.05) is 29.8 Å². The monoisotopic (exact) mass is 582 g/mol. The summed E-state index contributed by atoms with van der Waals surface area (Å²) in [6.07, 6.45) is 2.25. The van der Waals surface area contributed by atoms with E-state index in [1.807, 2.05) is 6.07 Å². The van der Waals surface area contributed by atoms with Gasteiger partial charge in [0.25, 0.3) is 11.8 Å². The number of rotatable bonds is 7. The van der Waals surface area contributed by atoms with E-state index >= 15 is 0 Å². The van der Waals surface area contributed by atoms with E-state index in [1.54, 1.807) is 12.1 Å². The highest BCUT2D eigenvalue weighted by Crippen LogP contribution is 2.39. The minimum atomic E-state index is -2.92. The van der Waals surface area contributed by atoms with Gasteiger partial charge in [0.15, 0.2) is 0 Å². The molecule has 1 N–H and O–H groups in total. The minimum absolute atomic E-state index is 0.0288. The van der Waals surface area contributed by atoms with E-state index < -0.39 is 60.4 Å². The molecule has 41 heavy (non-hydrogen) atoms. The number of anilines is 2. The zero-order valence-corrected chi connectivity index (χ0v) is 22.1. The van der Waals surface area contributed by atoms with Crippen molar-refractivity contribution in [3.8, 4) is 6.07 Å². The van der Waals surface area contributed by atoms with Gasteiger partial charge < -0.3 is 5.32 Å². The van der Waals surface area contributed by atoms with Crippen LogP contribution in [0.2, 0.25) is 5.02 Å². The second-order valence-corrected chi connectivity index (χ2v) is 10.2. The van der Waals surface area contributed by atoms with E-state index in [0.29, 0.717) is 0 Å². The van der Waals surface area contributed by atoms with Gasteiger partial charge in [-0.05, 0) is 24.6 Å². The van der Waals surface area contributed by atoms with Gasteiger partial charge in [-0.3, -0.25) is 29.2 Å². The average molecular weight is 583 g/mol. The van der Waals surface area contributed by atoms with Gasteiger partial charge in [0.1, 0.15) is 23.7 Å². The van der Waals surface area contributed by atoms with Gasteiger partial charge >= 0.3 is 0 Å². The Kier molecular flexibility index (Phi) is 7.64. The summed E-state index contributed by atoms with van der Waals surface area (Å²) in [4.78, 5) is 51.2. The lowest BCUT2D eigenvalue weighted by molar-refractivity contribution is -0.133. The Bertz CT molecular complexity index is 1560. The first-order valence-corrected chi connectivity index (χ1v) is 13.0. The lowest BCUT2D eigenvalue weighted by Crippen LogP contribution is -2.56. The molecule has 3 heterocycles. The number of nitriles is 1. The first kappa shape index (κ1) is 28.0. The minimum Gasteiger partial charge on any atom is -0.351 e. The summed E-state index contributed by atoms with van der Waals surface area (Å²) in [5.41, 5.74) is 0.237. The van der Waals surface area contributed by atoms with E-state index in [-0.39, 0.29) is 40.5 Å². The Morgan fingerprint density at radius 1 is 1.20 bits per heavy atom. The van der Waals surface area contributed by atoms with Crippen LogP contribution in [0.1, 0.15) is 42.9 Å². The normalized spacial score (nSPS) is 18.8. The molecule has 5 rings (SSSR count). The molecule has 3 amide bonds. The Morgan fingerprint density at radius 2 is 1.95 bits per heavy atom. The molecule has 2 fully saturated rings. The summed E-state index contributed by atoms with van der Waals surface area (Å²) < 4.78 is 41.6. The molecular weight excluding hydrogens is 561 g/mol. The quantitative estimate of drug-likeness (QED) is 0.443. The molecule has 0 bridgehead atoms. The third-order valence-electron chi connectivity index (χ3n) is 6.97. The number of pyridine rings is 2. The van der Waals surface area contributed by atoms with Crippen LogP contribution >= 0.6 is 11.6 Å². The number of hydrogen-bond donors (Lipinski definition) is 1. The van der Waals surface area contributed by atoms with Gasteiger partial charge in [0.2, 0.25) is 11.8 Å². The maximum atomic E-state index is 14.4. The lowest BCUT2D eigenvalue weighted by Gasteiger charge is -2.39. The molecule has 1 aliphatic heterocycles. The number of aromatic nitrogens is 2. The molecule has 2 aromatic heterocycles. The van der Waals surface area contributed by atoms with Gasteiger partial charge in [-0.15, -0.1) is 0 Å². The van der Waals surface area contributed by atoms with Crippen molar-refractivity contribution in [2.75, 3.05) is 9.80 Å². The fraction of sp³-hybridized carbons (Fsp3) is 0.286. The Morgan fingerprint density at radius 3 is 2.63 bits per heavy atom. The van der Waals surface area contributed by atoms with Crippen LogP contribution in [0.4, 0.5) is 24.7 Å². The second-order valence-electron chi connectivity index (χ2n) is 9.80. The van der Waals surface area contributed by atoms with E-state index in [2.05, 4.69) is 15.3 Å². The van der Waals surface area contributed by atoms with E-state index in [9.17, 15) is 32.8 Å². The maximum absolute atomic E-state index is 14.4. The molecule has 1 saturated carbocycles. The molecular formula is C28H22ClF3N6O3. The summed E-state index contributed by atoms with van der Waals surface area (Å²) >= 11 is 6.47. The number of amides is 3. The molecule has 0 unspecified atom stereocenters. The SMILES string of the molecule is N#Cc1ccnc(N2C(=O)CC[C@H]2C(=O)N(c2cncc(F)c2)[C@@H](C(=O)NC2CC(F)(F)C2)c2ccccc2Cl)c1. The predicted octanol–water partition coefficient (Wildman–Crippen LogP) is 4.32. The van der Waals surface area contributed by atoms with Crippen LogP contribution in [-0.4, -0.2) is 45.7 Å². The number of halogens is 4. The zero-order chi connectivity index (χ0) is 29.3. The van der Waals surface area contributed by atoms with Crippen molar-refractivity contribution in [1.29, 1.82) is 5.26 Å². The third kappa shape index (κ3) is 5.71. The molecule has 1 saturated heterocycles. The number of nitrogens with zero attached hydrogens (tertiary/aromatic N) is 5. The number of alkyl halides is 2. The summed E-state index contributed by atoms with van der Waals surface area (Å²) in [5.74, 6) is -5.73. The summed E-state index contributed by atoms with van der Waals surface area (Å²) in [7, 11) is 0. The van der Waals surface area contributed by atoms with Gasteiger partial charge in [-0.2, -0.15) is 5.26 Å². The zero-order valence-electron chi connectivity index (χ0n) is 21.3. The van der Waals surface area contributed by atoms with Crippen LogP contribution in [0.25, 0.3) is 0 Å². The summed E-state index contributed by atoms with van der Waals surface area (Å²) in [6, 6.07) is 8.32. The van der Waals surface area contributed by atoms with Crippen molar-refractivity contribution in [1.82, 2.24) is 15.3 Å². The van der Waals surface area contributed by atoms with Crippen molar-refractivity contribution < 1.29 is 27.6 Å². The van der Waals surface area contributed by atoms with Crippen molar-refractivity contribution in [2.24, 2.45) is 0 Å². The molecule has 0 radical (unpaired) electrons. The van der Waals surface area contributed by atoms with E-state index in [1.165, 1.54) is 36.7 Å². The van der Waals surface area contributed by atoms with Crippen LogP contribution in [0.3, 0.4) is 0 Å². The molecule has 3 aromatic rings. The van der Waals surface area contributed by atoms with Crippen LogP contribution < -0.4 is 15.1 Å². The molecule has 13 heteroatoms. The largest absolute Gasteiger partial charge is 0.351 e. The Balaban J connectivity index is 1.61. The number of benzene rings is 1. The fourth-order valence-corrected chi connectivity index (χ4v) is 5.30. The molecule has 2 aliphatic rings. The van der Waals surface area contributed by atoms with E-state index in [0.717, 1.165) is 22.1 Å². The summed E-state index contributed by atoms with van der Waals surface area (Å²) in [5, 5.41) is 12.0. The van der Waals surface area contributed by atoms with Crippen LogP contribution in [-0.2, 0) is 14.4 Å². The number of carbonyl (C=O) groups excluding carboxylic acids is 3. The topological polar surface area (TPSA) is 119 Å². The van der Waals surface area contributed by atoms with Gasteiger partial charge in [-0.25, -0.2) is 18.2 Å². The maximum Gasteiger partial charge on any atom is 0.252 e. The molecule has 9 nitrogen and oxygen atoms in total. The summed E-state index contributed by atoms with van der Waals surface area (Å²) in [6.45, 7) is 0. The Labute approximate surface area is 237 Å². The number of hydrogen-bond acceptors (Lipinski definition) is 6. The number of nitrogens with one attached hydrogen (secondary N) is 1. The number of carbonyl (C=O) groups is 3. The first-order valence-electron chi connectivity index (χ1n) is 12.6. The van der Waals surface area contributed by atoms with Crippen molar-refractivity contribution in [3.63, 3.8) is 0 Å². The molecule has 2 atom stereocenters. The smallest absolute Gasteiger partial charge is 0.252 e. The molecule has 1 aromatic carbocycles. The fourth-order valence-electron chi connectivity index (χ4n) is 5.06. The average Bonchev–Trinajstić information content (AvgIpc) is 3.32. The van der Waals surface area contributed by atoms with Crippen molar-refractivity contribution >= 4 is 40.8 Å². The molecule has 0 spiro atoms. The van der Waals surface area contributed by atoms with Crippen LogP contribution in [0.15, 0.2) is 61.1 Å². The van der Waals surface area contributed by atoms with Crippen LogP contribution in [0.5, 0.6) is 0 Å². The van der Waals surface area contributed by atoms with Crippen LogP contribution in [0, 0.1) is 17.1 Å². The lowest BCUT2D eigenvalue weighted by atomic mass is 9.87. The molecule has 1 aliphatic carbocycles. The van der Waals surface area contributed by atoms with Crippen molar-refractivity contribution in [3.05, 3.63) is 83.0 Å². The van der Waals surface area contributed by atoms with E-state index in [4.69, 9.17) is 11.6 Å². The highest BCUT2D eigenvalue weighted by Gasteiger charge is 2.48. The van der Waals surface area contributed by atoms with Gasteiger partial charge in [0.05, 0.1) is 29.7 Å². The first-order chi connectivity index (χ1) is 19.6. The third-order valence-corrected chi connectivity index (χ3v) is 7.31. The highest BCUT2D eigenvalue weighted by atomic mass is 35.5. The predicted molar refractivity (Wildman–Crippen MR) is 141 cm³/mol. The highest BCUT2D eigenvalue weighted by molar-refractivity contribution is 6.31. The standard InChI is InChI=1S/C28H22ClF3N6O3/c29-21-4-2-1-3-20(21)25(26(40)36-18-11-28(31,32)12-18)37(19-10-17(30)14-34-15-19)27(41)22-5-6-24(39)38(22)23-9-16(13-33)7-8-35-23/h1-4,7-10,14-15,18,22,25H,5-6,11-12H2,(H,36,40)/t22-,25+/m0/s1. The Hall–Kier alpha value is -4.50. The second kappa shape index (κ2) is 11.2.